The molecule has 1 aromatic carbocycles. The van der Waals surface area contributed by atoms with Gasteiger partial charge in [-0.1, -0.05) is 30.3 Å². The van der Waals surface area contributed by atoms with Gasteiger partial charge in [-0.25, -0.2) is 4.79 Å². The molecule has 0 radical (unpaired) electrons. The van der Waals surface area contributed by atoms with Gasteiger partial charge >= 0.3 is 12.1 Å². The number of amides is 1. The van der Waals surface area contributed by atoms with Gasteiger partial charge in [-0.3, -0.25) is 4.79 Å². The second-order valence-electron chi connectivity index (χ2n) is 7.40. The number of methoxy groups -OCH3 is 1. The van der Waals surface area contributed by atoms with E-state index in [1.807, 2.05) is 51.1 Å². The summed E-state index contributed by atoms with van der Waals surface area (Å²) >= 11 is 0. The molecule has 0 aromatic heterocycles. The quantitative estimate of drug-likeness (QED) is 0.765. The predicted molar refractivity (Wildman–Crippen MR) is 93.0 cm³/mol. The van der Waals surface area contributed by atoms with E-state index in [9.17, 15) is 9.59 Å². The third kappa shape index (κ3) is 5.19. The van der Waals surface area contributed by atoms with E-state index < -0.39 is 17.1 Å². The van der Waals surface area contributed by atoms with Gasteiger partial charge in [0.05, 0.1) is 20.3 Å². The van der Waals surface area contributed by atoms with Crippen LogP contribution in [-0.2, 0) is 25.6 Å². The van der Waals surface area contributed by atoms with Crippen LogP contribution in [0.1, 0.15) is 32.8 Å². The molecule has 1 saturated heterocycles. The average Bonchev–Trinajstić information content (AvgIpc) is 2.99. The predicted octanol–water partition coefficient (Wildman–Crippen LogP) is 3.00. The zero-order chi connectivity index (χ0) is 18.5. The van der Waals surface area contributed by atoms with Crippen LogP contribution in [0, 0.1) is 5.41 Å². The largest absolute Gasteiger partial charge is 0.468 e. The van der Waals surface area contributed by atoms with Crippen LogP contribution in [0.25, 0.3) is 0 Å². The first kappa shape index (κ1) is 19.2. The fourth-order valence-corrected chi connectivity index (χ4v) is 2.85. The van der Waals surface area contributed by atoms with Gasteiger partial charge in [-0.15, -0.1) is 0 Å². The van der Waals surface area contributed by atoms with Gasteiger partial charge in [0.25, 0.3) is 0 Å². The summed E-state index contributed by atoms with van der Waals surface area (Å²) in [5, 5.41) is 0. The number of hydrogen-bond donors (Lipinski definition) is 0. The SMILES string of the molecule is COC(=O)C1(COCc2ccccc2)CCN(C(=O)OC(C)(C)C)C1. The van der Waals surface area contributed by atoms with Crippen molar-refractivity contribution in [1.29, 1.82) is 0 Å². The van der Waals surface area contributed by atoms with Crippen LogP contribution in [0.2, 0.25) is 0 Å². The smallest absolute Gasteiger partial charge is 0.410 e. The lowest BCUT2D eigenvalue weighted by Crippen LogP contribution is -2.42. The van der Waals surface area contributed by atoms with E-state index in [4.69, 9.17) is 14.2 Å². The summed E-state index contributed by atoms with van der Waals surface area (Å²) < 4.78 is 16.1. The highest BCUT2D eigenvalue weighted by Gasteiger charge is 2.48. The molecule has 1 aromatic rings. The Morgan fingerprint density at radius 1 is 1.20 bits per heavy atom. The van der Waals surface area contributed by atoms with Crippen LogP contribution in [0.4, 0.5) is 4.79 Å². The minimum Gasteiger partial charge on any atom is -0.468 e. The van der Waals surface area contributed by atoms with Crippen molar-refractivity contribution in [1.82, 2.24) is 4.90 Å². The van der Waals surface area contributed by atoms with E-state index in [-0.39, 0.29) is 19.1 Å². The summed E-state index contributed by atoms with van der Waals surface area (Å²) in [7, 11) is 1.36. The van der Waals surface area contributed by atoms with E-state index in [0.29, 0.717) is 19.6 Å². The Morgan fingerprint density at radius 3 is 2.48 bits per heavy atom. The summed E-state index contributed by atoms with van der Waals surface area (Å²) in [6.07, 6.45) is 0.0783. The normalized spacial score (nSPS) is 20.4. The van der Waals surface area contributed by atoms with Crippen molar-refractivity contribution in [2.24, 2.45) is 5.41 Å². The van der Waals surface area contributed by atoms with Crippen LogP contribution in [0.3, 0.4) is 0 Å². The van der Waals surface area contributed by atoms with Crippen LogP contribution in [0.15, 0.2) is 30.3 Å². The maximum absolute atomic E-state index is 12.4. The molecule has 0 spiro atoms. The van der Waals surface area contributed by atoms with Gasteiger partial charge in [-0.05, 0) is 32.8 Å². The Labute approximate surface area is 149 Å². The Kier molecular flexibility index (Phi) is 6.06. The topological polar surface area (TPSA) is 65.1 Å². The fraction of sp³-hybridized carbons (Fsp3) is 0.579. The first-order valence-corrected chi connectivity index (χ1v) is 8.44. The monoisotopic (exact) mass is 349 g/mol. The van der Waals surface area contributed by atoms with Crippen molar-refractivity contribution < 1.29 is 23.8 Å². The molecule has 1 amide bonds. The van der Waals surface area contributed by atoms with Crippen LogP contribution in [0.5, 0.6) is 0 Å². The maximum Gasteiger partial charge on any atom is 0.410 e. The number of nitrogens with zero attached hydrogens (tertiary/aromatic N) is 1. The third-order valence-corrected chi connectivity index (χ3v) is 4.11. The van der Waals surface area contributed by atoms with Gasteiger partial charge in [-0.2, -0.15) is 0 Å². The molecular formula is C19H27NO5. The first-order chi connectivity index (χ1) is 11.8. The number of rotatable bonds is 5. The van der Waals surface area contributed by atoms with Crippen molar-refractivity contribution in [2.75, 3.05) is 26.8 Å². The molecule has 1 aliphatic rings. The lowest BCUT2D eigenvalue weighted by Gasteiger charge is -2.28. The molecule has 1 heterocycles. The third-order valence-electron chi connectivity index (χ3n) is 4.11. The zero-order valence-corrected chi connectivity index (χ0v) is 15.4. The lowest BCUT2D eigenvalue weighted by molar-refractivity contribution is -0.156. The maximum atomic E-state index is 12.4. The average molecular weight is 349 g/mol. The molecule has 0 bridgehead atoms. The minimum atomic E-state index is -0.847. The van der Waals surface area contributed by atoms with Gasteiger partial charge < -0.3 is 19.1 Å². The highest BCUT2D eigenvalue weighted by atomic mass is 16.6. The highest BCUT2D eigenvalue weighted by molar-refractivity contribution is 5.79. The van der Waals surface area contributed by atoms with Gasteiger partial charge in [0.15, 0.2) is 0 Å². The molecule has 1 atom stereocenters. The van der Waals surface area contributed by atoms with E-state index in [1.54, 1.807) is 4.90 Å². The van der Waals surface area contributed by atoms with Crippen molar-refractivity contribution in [2.45, 2.75) is 39.4 Å². The number of carbonyl (C=O) groups is 2. The van der Waals surface area contributed by atoms with E-state index in [0.717, 1.165) is 5.56 Å². The fourth-order valence-electron chi connectivity index (χ4n) is 2.85. The van der Waals surface area contributed by atoms with Crippen molar-refractivity contribution >= 4 is 12.1 Å². The summed E-state index contributed by atoms with van der Waals surface area (Å²) in [5.41, 5.74) is -0.387. The van der Waals surface area contributed by atoms with Crippen LogP contribution < -0.4 is 0 Å². The summed E-state index contributed by atoms with van der Waals surface area (Å²) in [5.74, 6) is -0.355. The number of carbonyl (C=O) groups excluding carboxylic acids is 2. The number of hydrogen-bond acceptors (Lipinski definition) is 5. The summed E-state index contributed by atoms with van der Waals surface area (Å²) in [6.45, 7) is 6.74. The second kappa shape index (κ2) is 7.87. The Balaban J connectivity index is 1.99. The van der Waals surface area contributed by atoms with E-state index in [1.165, 1.54) is 7.11 Å². The lowest BCUT2D eigenvalue weighted by atomic mass is 9.88. The molecule has 0 aliphatic carbocycles. The van der Waals surface area contributed by atoms with Crippen LogP contribution in [-0.4, -0.2) is 49.4 Å². The van der Waals surface area contributed by atoms with Crippen molar-refractivity contribution in [3.63, 3.8) is 0 Å². The number of likely N-dealkylation sites (tertiary alicyclic amines) is 1. The summed E-state index contributed by atoms with van der Waals surface area (Å²) in [4.78, 5) is 26.2. The van der Waals surface area contributed by atoms with Gasteiger partial charge in [0, 0.05) is 13.1 Å². The second-order valence-corrected chi connectivity index (χ2v) is 7.40. The van der Waals surface area contributed by atoms with Crippen molar-refractivity contribution in [3.05, 3.63) is 35.9 Å². The number of ether oxygens (including phenoxy) is 3. The molecule has 138 valence electrons. The number of benzene rings is 1. The first-order valence-electron chi connectivity index (χ1n) is 8.44. The minimum absolute atomic E-state index is 0.202. The van der Waals surface area contributed by atoms with Gasteiger partial charge in [0.2, 0.25) is 0 Å². The molecule has 6 heteroatoms. The molecule has 0 N–H and O–H groups in total. The van der Waals surface area contributed by atoms with Gasteiger partial charge in [0.1, 0.15) is 11.0 Å². The Hall–Kier alpha value is -2.08. The summed E-state index contributed by atoms with van der Waals surface area (Å²) in [6, 6.07) is 9.75. The Bertz CT molecular complexity index is 596. The molecular weight excluding hydrogens is 322 g/mol. The van der Waals surface area contributed by atoms with E-state index in [2.05, 4.69) is 0 Å². The molecule has 1 fully saturated rings. The molecule has 1 aliphatic heterocycles. The standard InChI is InChI=1S/C19H27NO5/c1-18(2,3)25-17(22)20-11-10-19(13-20,16(21)23-4)14-24-12-15-8-6-5-7-9-15/h5-9H,10-14H2,1-4H3. The molecule has 0 saturated carbocycles. The van der Waals surface area contributed by atoms with Crippen molar-refractivity contribution in [3.8, 4) is 0 Å². The van der Waals surface area contributed by atoms with Crippen LogP contribution >= 0.6 is 0 Å². The molecule has 6 nitrogen and oxygen atoms in total. The molecule has 25 heavy (non-hydrogen) atoms. The zero-order valence-electron chi connectivity index (χ0n) is 15.4. The van der Waals surface area contributed by atoms with E-state index >= 15 is 0 Å². The highest BCUT2D eigenvalue weighted by Crippen LogP contribution is 2.33. The number of esters is 1. The molecule has 1 unspecified atom stereocenters. The Morgan fingerprint density at radius 2 is 1.88 bits per heavy atom. The molecule has 2 rings (SSSR count).